The molecule has 0 fully saturated rings. The van der Waals surface area contributed by atoms with Crippen LogP contribution in [0, 0.1) is 9.39 Å². The number of halogens is 3. The lowest BCUT2D eigenvalue weighted by Crippen LogP contribution is -2.35. The summed E-state index contributed by atoms with van der Waals surface area (Å²) in [7, 11) is -4.03. The predicted molar refractivity (Wildman–Crippen MR) is 91.0 cm³/mol. The lowest BCUT2D eigenvalue weighted by molar-refractivity contribution is -0.110. The molecule has 8 heteroatoms. The van der Waals surface area contributed by atoms with Crippen LogP contribution in [0.1, 0.15) is 0 Å². The zero-order valence-corrected chi connectivity index (χ0v) is 14.8. The highest BCUT2D eigenvalue weighted by molar-refractivity contribution is 14.1. The first-order chi connectivity index (χ1) is 10.3. The number of anilines is 1. The number of hydrogen-bond donors (Lipinski definition) is 0. The van der Waals surface area contributed by atoms with Crippen LogP contribution in [-0.4, -0.2) is 20.2 Å². The standard InChI is InChI=1S/C14H10ClFINO3S/c15-14(19)9-18(13-4-2-1-3-12(13)17)22(20,21)11-7-5-10(16)6-8-11/h1-8H,9H2. The fourth-order valence-electron chi connectivity index (χ4n) is 1.80. The zero-order chi connectivity index (χ0) is 16.3. The van der Waals surface area contributed by atoms with Gasteiger partial charge in [-0.2, -0.15) is 0 Å². The molecule has 0 saturated carbocycles. The van der Waals surface area contributed by atoms with E-state index in [4.69, 9.17) is 11.6 Å². The summed E-state index contributed by atoms with van der Waals surface area (Å²) in [4.78, 5) is 11.1. The molecule has 2 aromatic carbocycles. The van der Waals surface area contributed by atoms with E-state index < -0.39 is 27.6 Å². The van der Waals surface area contributed by atoms with Crippen LogP contribution in [0.3, 0.4) is 0 Å². The molecule has 0 aliphatic heterocycles. The van der Waals surface area contributed by atoms with Crippen molar-refractivity contribution in [2.24, 2.45) is 0 Å². The predicted octanol–water partition coefficient (Wildman–Crippen LogP) is 3.39. The molecule has 2 aromatic rings. The van der Waals surface area contributed by atoms with E-state index in [-0.39, 0.29) is 4.90 Å². The van der Waals surface area contributed by atoms with Gasteiger partial charge in [-0.1, -0.05) is 12.1 Å². The summed E-state index contributed by atoms with van der Waals surface area (Å²) in [5.74, 6) is -0.548. The molecule has 0 N–H and O–H groups in total. The average molecular weight is 454 g/mol. The van der Waals surface area contributed by atoms with Crippen LogP contribution in [0.25, 0.3) is 0 Å². The Balaban J connectivity index is 2.56. The highest BCUT2D eigenvalue weighted by Crippen LogP contribution is 2.28. The fraction of sp³-hybridized carbons (Fsp3) is 0.0714. The minimum Gasteiger partial charge on any atom is -0.279 e. The SMILES string of the molecule is O=C(Cl)CN(c1ccccc1I)S(=O)(=O)c1ccc(F)cc1. The molecule has 116 valence electrons. The fourth-order valence-corrected chi connectivity index (χ4v) is 4.27. The lowest BCUT2D eigenvalue weighted by Gasteiger charge is -2.24. The molecule has 0 bridgehead atoms. The number of para-hydroxylation sites is 1. The van der Waals surface area contributed by atoms with Gasteiger partial charge in [-0.05, 0) is 70.6 Å². The van der Waals surface area contributed by atoms with Gasteiger partial charge in [0.05, 0.1) is 10.6 Å². The Morgan fingerprint density at radius 1 is 1.14 bits per heavy atom. The van der Waals surface area contributed by atoms with Crippen molar-refractivity contribution in [3.05, 3.63) is 57.9 Å². The van der Waals surface area contributed by atoms with Gasteiger partial charge >= 0.3 is 0 Å². The second-order valence-electron chi connectivity index (χ2n) is 4.27. The summed E-state index contributed by atoms with van der Waals surface area (Å²) in [6.45, 7) is -0.513. The van der Waals surface area contributed by atoms with Crippen LogP contribution in [0.2, 0.25) is 0 Å². The Hall–Kier alpha value is -1.19. The number of carbonyl (C=O) groups excluding carboxylic acids is 1. The molecule has 0 spiro atoms. The van der Waals surface area contributed by atoms with E-state index >= 15 is 0 Å². The lowest BCUT2D eigenvalue weighted by atomic mass is 10.3. The molecule has 0 aliphatic carbocycles. The molecule has 0 unspecified atom stereocenters. The zero-order valence-electron chi connectivity index (χ0n) is 11.0. The highest BCUT2D eigenvalue weighted by Gasteiger charge is 2.27. The van der Waals surface area contributed by atoms with Gasteiger partial charge in [0.25, 0.3) is 10.0 Å². The summed E-state index contributed by atoms with van der Waals surface area (Å²) in [5.41, 5.74) is 0.335. The average Bonchev–Trinajstić information content (AvgIpc) is 2.46. The number of benzene rings is 2. The molecule has 0 amide bonds. The third-order valence-corrected chi connectivity index (χ3v) is 5.60. The minimum absolute atomic E-state index is 0.119. The van der Waals surface area contributed by atoms with Crippen LogP contribution in [-0.2, 0) is 14.8 Å². The van der Waals surface area contributed by atoms with E-state index in [1.165, 1.54) is 0 Å². The molecular weight excluding hydrogens is 444 g/mol. The van der Waals surface area contributed by atoms with Crippen LogP contribution in [0.15, 0.2) is 53.4 Å². The van der Waals surface area contributed by atoms with Gasteiger partial charge in [-0.3, -0.25) is 9.10 Å². The maximum absolute atomic E-state index is 13.0. The van der Waals surface area contributed by atoms with Crippen molar-refractivity contribution < 1.29 is 17.6 Å². The summed E-state index contributed by atoms with van der Waals surface area (Å²) >= 11 is 7.35. The van der Waals surface area contributed by atoms with E-state index in [1.54, 1.807) is 24.3 Å². The van der Waals surface area contributed by atoms with Gasteiger partial charge in [0.2, 0.25) is 5.24 Å². The molecule has 0 aliphatic rings. The first kappa shape index (κ1) is 17.2. The van der Waals surface area contributed by atoms with Crippen molar-refractivity contribution in [3.8, 4) is 0 Å². The molecule has 22 heavy (non-hydrogen) atoms. The van der Waals surface area contributed by atoms with Crippen molar-refractivity contribution in [3.63, 3.8) is 0 Å². The second-order valence-corrected chi connectivity index (χ2v) is 7.72. The Morgan fingerprint density at radius 3 is 2.27 bits per heavy atom. The van der Waals surface area contributed by atoms with Crippen molar-refractivity contribution in [2.75, 3.05) is 10.8 Å². The summed E-state index contributed by atoms with van der Waals surface area (Å²) in [6.07, 6.45) is 0. The molecule has 0 atom stereocenters. The number of nitrogens with zero attached hydrogens (tertiary/aromatic N) is 1. The van der Waals surface area contributed by atoms with Gasteiger partial charge in [0, 0.05) is 3.57 Å². The normalized spacial score (nSPS) is 11.2. The first-order valence-electron chi connectivity index (χ1n) is 6.03. The maximum atomic E-state index is 13.0. The van der Waals surface area contributed by atoms with Crippen molar-refractivity contribution in [1.29, 1.82) is 0 Å². The Labute approximate surface area is 146 Å². The number of hydrogen-bond acceptors (Lipinski definition) is 3. The van der Waals surface area contributed by atoms with Gasteiger partial charge in [-0.25, -0.2) is 12.8 Å². The molecule has 0 aromatic heterocycles. The highest BCUT2D eigenvalue weighted by atomic mass is 127. The quantitative estimate of drug-likeness (QED) is 0.515. The van der Waals surface area contributed by atoms with E-state index in [9.17, 15) is 17.6 Å². The molecule has 4 nitrogen and oxygen atoms in total. The van der Waals surface area contributed by atoms with Gasteiger partial charge in [0.15, 0.2) is 0 Å². The summed E-state index contributed by atoms with van der Waals surface area (Å²) in [6, 6.07) is 11.1. The van der Waals surface area contributed by atoms with E-state index in [2.05, 4.69) is 0 Å². The number of carbonyl (C=O) groups is 1. The Bertz CT molecular complexity index is 796. The van der Waals surface area contributed by atoms with Crippen LogP contribution < -0.4 is 4.31 Å². The Kier molecular flexibility index (Phi) is 5.41. The van der Waals surface area contributed by atoms with Crippen LogP contribution in [0.5, 0.6) is 0 Å². The summed E-state index contributed by atoms with van der Waals surface area (Å²) in [5, 5.41) is -0.815. The van der Waals surface area contributed by atoms with E-state index in [0.717, 1.165) is 28.6 Å². The third kappa shape index (κ3) is 3.76. The second kappa shape index (κ2) is 6.93. The van der Waals surface area contributed by atoms with Crippen molar-refractivity contribution >= 4 is 55.1 Å². The van der Waals surface area contributed by atoms with Gasteiger partial charge in [0.1, 0.15) is 12.4 Å². The Morgan fingerprint density at radius 2 is 1.73 bits per heavy atom. The topological polar surface area (TPSA) is 54.5 Å². The molecule has 0 heterocycles. The first-order valence-corrected chi connectivity index (χ1v) is 8.93. The van der Waals surface area contributed by atoms with E-state index in [1.807, 2.05) is 22.6 Å². The summed E-state index contributed by atoms with van der Waals surface area (Å²) < 4.78 is 40.0. The van der Waals surface area contributed by atoms with Gasteiger partial charge in [-0.15, -0.1) is 0 Å². The van der Waals surface area contributed by atoms with E-state index in [0.29, 0.717) is 9.26 Å². The molecular formula is C14H10ClFINO3S. The monoisotopic (exact) mass is 453 g/mol. The third-order valence-electron chi connectivity index (χ3n) is 2.79. The maximum Gasteiger partial charge on any atom is 0.264 e. The van der Waals surface area contributed by atoms with Gasteiger partial charge < -0.3 is 0 Å². The van der Waals surface area contributed by atoms with Crippen molar-refractivity contribution in [2.45, 2.75) is 4.90 Å². The number of sulfonamides is 1. The minimum atomic E-state index is -4.03. The molecule has 0 saturated heterocycles. The van der Waals surface area contributed by atoms with Crippen LogP contribution >= 0.6 is 34.2 Å². The smallest absolute Gasteiger partial charge is 0.264 e. The largest absolute Gasteiger partial charge is 0.279 e. The molecule has 0 radical (unpaired) electrons. The van der Waals surface area contributed by atoms with Crippen LogP contribution in [0.4, 0.5) is 10.1 Å². The number of rotatable bonds is 5. The van der Waals surface area contributed by atoms with Crippen molar-refractivity contribution in [1.82, 2.24) is 0 Å². The molecule has 2 rings (SSSR count).